The van der Waals surface area contributed by atoms with Crippen molar-refractivity contribution in [2.45, 2.75) is 26.2 Å². The van der Waals surface area contributed by atoms with Crippen molar-refractivity contribution < 1.29 is 14.4 Å². The lowest BCUT2D eigenvalue weighted by atomic mass is 10.1. The normalized spacial score (nSPS) is 14.0. The minimum absolute atomic E-state index is 0.350. The fourth-order valence-electron chi connectivity index (χ4n) is 3.17. The molecule has 1 heterocycles. The van der Waals surface area contributed by atoms with Crippen molar-refractivity contribution >= 4 is 17.6 Å². The van der Waals surface area contributed by atoms with Gasteiger partial charge in [0.25, 0.3) is 5.91 Å². The molecule has 0 atom stereocenters. The summed E-state index contributed by atoms with van der Waals surface area (Å²) in [6.07, 6.45) is 3.70. The predicted octanol–water partition coefficient (Wildman–Crippen LogP) is 3.83. The number of rotatable bonds is 3. The van der Waals surface area contributed by atoms with E-state index in [4.69, 9.17) is 4.84 Å². The highest BCUT2D eigenvalue weighted by atomic mass is 16.7. The topological polar surface area (TPSA) is 49.9 Å². The number of nitrogens with zero attached hydrogens (tertiary/aromatic N) is 2. The summed E-state index contributed by atoms with van der Waals surface area (Å²) in [6.45, 7) is 3.94. The molecule has 2 aromatic carbocycles. The summed E-state index contributed by atoms with van der Waals surface area (Å²) >= 11 is 0. The SMILES string of the molecule is Cc1ccccc1C(=O)ON(C)C(=O)c1ccc(N2CCCCC2)cc1. The monoisotopic (exact) mass is 352 g/mol. The second-order valence-electron chi connectivity index (χ2n) is 6.59. The highest BCUT2D eigenvalue weighted by molar-refractivity contribution is 5.96. The van der Waals surface area contributed by atoms with E-state index >= 15 is 0 Å². The first kappa shape index (κ1) is 18.0. The van der Waals surface area contributed by atoms with E-state index in [0.717, 1.165) is 29.4 Å². The van der Waals surface area contributed by atoms with Crippen LogP contribution in [0.5, 0.6) is 0 Å². The molecule has 0 radical (unpaired) electrons. The fourth-order valence-corrected chi connectivity index (χ4v) is 3.17. The largest absolute Gasteiger partial charge is 0.372 e. The molecule has 0 N–H and O–H groups in total. The van der Waals surface area contributed by atoms with Crippen molar-refractivity contribution in [2.24, 2.45) is 0 Å². The molecule has 0 aliphatic carbocycles. The van der Waals surface area contributed by atoms with Crippen molar-refractivity contribution in [2.75, 3.05) is 25.0 Å². The first-order valence-corrected chi connectivity index (χ1v) is 8.97. The average molecular weight is 352 g/mol. The van der Waals surface area contributed by atoms with Crippen LogP contribution in [0.25, 0.3) is 0 Å². The molecule has 1 aliphatic heterocycles. The first-order valence-electron chi connectivity index (χ1n) is 8.97. The van der Waals surface area contributed by atoms with E-state index in [1.54, 1.807) is 24.3 Å². The molecule has 5 nitrogen and oxygen atoms in total. The molecule has 0 spiro atoms. The van der Waals surface area contributed by atoms with Crippen LogP contribution in [0.1, 0.15) is 45.5 Å². The Kier molecular flexibility index (Phi) is 5.56. The Hall–Kier alpha value is -2.82. The zero-order valence-electron chi connectivity index (χ0n) is 15.3. The standard InChI is InChI=1S/C21H24N2O3/c1-16-8-4-5-9-19(16)21(25)26-22(2)20(24)17-10-12-18(13-11-17)23-14-6-3-7-15-23/h4-5,8-13H,3,6-7,14-15H2,1-2H3. The predicted molar refractivity (Wildman–Crippen MR) is 101 cm³/mol. The molecular weight excluding hydrogens is 328 g/mol. The molecule has 1 fully saturated rings. The Morgan fingerprint density at radius 3 is 2.27 bits per heavy atom. The van der Waals surface area contributed by atoms with E-state index in [9.17, 15) is 9.59 Å². The number of hydrogen-bond donors (Lipinski definition) is 0. The highest BCUT2D eigenvalue weighted by Gasteiger charge is 2.19. The lowest BCUT2D eigenvalue weighted by molar-refractivity contribution is -0.0659. The summed E-state index contributed by atoms with van der Waals surface area (Å²) in [5.74, 6) is -0.888. The van der Waals surface area contributed by atoms with Crippen molar-refractivity contribution in [1.29, 1.82) is 0 Å². The number of amides is 1. The number of carbonyl (C=O) groups excluding carboxylic acids is 2. The van der Waals surface area contributed by atoms with E-state index in [1.807, 2.05) is 31.2 Å². The van der Waals surface area contributed by atoms with Gasteiger partial charge in [-0.2, -0.15) is 5.06 Å². The minimum atomic E-state index is -0.538. The van der Waals surface area contributed by atoms with Crippen molar-refractivity contribution in [3.8, 4) is 0 Å². The Balaban J connectivity index is 1.64. The molecule has 0 aromatic heterocycles. The van der Waals surface area contributed by atoms with E-state index in [0.29, 0.717) is 11.1 Å². The van der Waals surface area contributed by atoms with Gasteiger partial charge >= 0.3 is 5.97 Å². The lowest BCUT2D eigenvalue weighted by Gasteiger charge is -2.28. The van der Waals surface area contributed by atoms with Crippen LogP contribution < -0.4 is 4.90 Å². The molecule has 0 bridgehead atoms. The van der Waals surface area contributed by atoms with Crippen molar-refractivity contribution in [1.82, 2.24) is 5.06 Å². The Morgan fingerprint density at radius 2 is 1.62 bits per heavy atom. The molecule has 0 unspecified atom stereocenters. The summed E-state index contributed by atoms with van der Waals surface area (Å²) in [5, 5.41) is 0.991. The number of aryl methyl sites for hydroxylation is 1. The summed E-state index contributed by atoms with van der Waals surface area (Å²) in [7, 11) is 1.46. The third-order valence-corrected chi connectivity index (χ3v) is 4.71. The molecule has 1 aliphatic rings. The zero-order chi connectivity index (χ0) is 18.5. The van der Waals surface area contributed by atoms with Crippen molar-refractivity contribution in [3.63, 3.8) is 0 Å². The summed E-state index contributed by atoms with van der Waals surface area (Å²) in [4.78, 5) is 32.3. The Bertz CT molecular complexity index is 780. The van der Waals surface area contributed by atoms with E-state index in [1.165, 1.54) is 26.3 Å². The van der Waals surface area contributed by atoms with Crippen LogP contribution in [-0.2, 0) is 4.84 Å². The van der Waals surface area contributed by atoms with E-state index < -0.39 is 5.97 Å². The van der Waals surface area contributed by atoms with Crippen molar-refractivity contribution in [3.05, 3.63) is 65.2 Å². The van der Waals surface area contributed by atoms with Gasteiger partial charge in [0.1, 0.15) is 0 Å². The molecule has 5 heteroatoms. The lowest BCUT2D eigenvalue weighted by Crippen LogP contribution is -2.31. The molecular formula is C21H24N2O3. The molecule has 26 heavy (non-hydrogen) atoms. The number of benzene rings is 2. The average Bonchev–Trinajstić information content (AvgIpc) is 2.68. The van der Waals surface area contributed by atoms with Gasteiger partial charge < -0.3 is 9.74 Å². The van der Waals surface area contributed by atoms with E-state index in [2.05, 4.69) is 4.90 Å². The van der Waals surface area contributed by atoms with Crippen LogP contribution in [0.4, 0.5) is 5.69 Å². The molecule has 3 rings (SSSR count). The molecule has 1 amide bonds. The summed E-state index contributed by atoms with van der Waals surface area (Å²) in [5.41, 5.74) is 2.88. The zero-order valence-corrected chi connectivity index (χ0v) is 15.3. The maximum atomic E-state index is 12.5. The quantitative estimate of drug-likeness (QED) is 0.788. The maximum absolute atomic E-state index is 12.5. The minimum Gasteiger partial charge on any atom is -0.372 e. The second kappa shape index (κ2) is 8.04. The van der Waals surface area contributed by atoms with Crippen LogP contribution in [0.3, 0.4) is 0 Å². The van der Waals surface area contributed by atoms with Gasteiger partial charge in [0.05, 0.1) is 5.56 Å². The van der Waals surface area contributed by atoms with Crippen LogP contribution in [0, 0.1) is 6.92 Å². The second-order valence-corrected chi connectivity index (χ2v) is 6.59. The van der Waals surface area contributed by atoms with E-state index in [-0.39, 0.29) is 5.91 Å². The molecule has 136 valence electrons. The number of anilines is 1. The highest BCUT2D eigenvalue weighted by Crippen LogP contribution is 2.21. The smallest absolute Gasteiger partial charge is 0.363 e. The van der Waals surface area contributed by atoms with Gasteiger partial charge in [-0.1, -0.05) is 18.2 Å². The third kappa shape index (κ3) is 4.04. The Morgan fingerprint density at radius 1 is 0.962 bits per heavy atom. The maximum Gasteiger partial charge on any atom is 0.363 e. The van der Waals surface area contributed by atoms with Crippen LogP contribution in [0.2, 0.25) is 0 Å². The van der Waals surface area contributed by atoms with Gasteiger partial charge in [-0.05, 0) is 62.1 Å². The van der Waals surface area contributed by atoms with Crippen LogP contribution >= 0.6 is 0 Å². The number of piperidine rings is 1. The van der Waals surface area contributed by atoms with Crippen LogP contribution in [-0.4, -0.2) is 37.1 Å². The Labute approximate surface area is 154 Å². The van der Waals surface area contributed by atoms with Gasteiger partial charge in [0.15, 0.2) is 0 Å². The molecule has 2 aromatic rings. The van der Waals surface area contributed by atoms with Gasteiger partial charge in [-0.25, -0.2) is 4.79 Å². The third-order valence-electron chi connectivity index (χ3n) is 4.71. The number of carbonyl (C=O) groups is 2. The number of hydroxylamine groups is 2. The molecule has 0 saturated carbocycles. The summed E-state index contributed by atoms with van der Waals surface area (Å²) < 4.78 is 0. The number of hydrogen-bond acceptors (Lipinski definition) is 4. The van der Waals surface area contributed by atoms with Gasteiger partial charge in [-0.3, -0.25) is 4.79 Å². The van der Waals surface area contributed by atoms with Gasteiger partial charge in [0.2, 0.25) is 0 Å². The summed E-state index contributed by atoms with van der Waals surface area (Å²) in [6, 6.07) is 14.6. The first-order chi connectivity index (χ1) is 12.6. The fraction of sp³-hybridized carbons (Fsp3) is 0.333. The van der Waals surface area contributed by atoms with Crippen LogP contribution in [0.15, 0.2) is 48.5 Å². The molecule has 1 saturated heterocycles. The van der Waals surface area contributed by atoms with Gasteiger partial charge in [-0.15, -0.1) is 0 Å². The van der Waals surface area contributed by atoms with Gasteiger partial charge in [0, 0.05) is 31.4 Å².